The van der Waals surface area contributed by atoms with Crippen molar-refractivity contribution in [3.63, 3.8) is 0 Å². The summed E-state index contributed by atoms with van der Waals surface area (Å²) in [5.74, 6) is 0. The molecule has 0 rings (SSSR count). The summed E-state index contributed by atoms with van der Waals surface area (Å²) >= 11 is 0. The SMILES string of the molecule is [Li].[Li].[Li].[Li].[Li].[Li]. The smallest absolute Gasteiger partial charge is 0 e. The van der Waals surface area contributed by atoms with E-state index in [0.29, 0.717) is 0 Å². The Bertz CT molecular complexity index is 0. The Labute approximate surface area is 111 Å². The molecule has 6 valence electrons. The third kappa shape index (κ3) is 25.6. The van der Waals surface area contributed by atoms with E-state index in [2.05, 4.69) is 0 Å². The monoisotopic (exact) mass is 42.1 g/mol. The zero-order valence-corrected chi connectivity index (χ0v) is 6.00. The van der Waals surface area contributed by atoms with E-state index in [1.807, 2.05) is 0 Å². The maximum absolute atomic E-state index is 0. The van der Waals surface area contributed by atoms with Crippen molar-refractivity contribution in [1.29, 1.82) is 0 Å². The van der Waals surface area contributed by atoms with Crippen molar-refractivity contribution < 1.29 is 0 Å². The van der Waals surface area contributed by atoms with Crippen molar-refractivity contribution in [2.45, 2.75) is 0 Å². The van der Waals surface area contributed by atoms with E-state index in [1.165, 1.54) is 0 Å². The van der Waals surface area contributed by atoms with E-state index < -0.39 is 0 Å². The Balaban J connectivity index is 0. The van der Waals surface area contributed by atoms with Gasteiger partial charge in [-0.15, -0.1) is 0 Å². The van der Waals surface area contributed by atoms with E-state index in [-0.39, 0.29) is 113 Å². The van der Waals surface area contributed by atoms with E-state index in [1.54, 1.807) is 0 Å². The van der Waals surface area contributed by atoms with E-state index in [4.69, 9.17) is 0 Å². The molecule has 0 spiro atoms. The van der Waals surface area contributed by atoms with Crippen molar-refractivity contribution in [3.8, 4) is 0 Å². The van der Waals surface area contributed by atoms with Gasteiger partial charge in [0.1, 0.15) is 0 Å². The summed E-state index contributed by atoms with van der Waals surface area (Å²) in [4.78, 5) is 0. The summed E-state index contributed by atoms with van der Waals surface area (Å²) in [6, 6.07) is 0. The fourth-order valence-corrected chi connectivity index (χ4v) is 0. The van der Waals surface area contributed by atoms with Gasteiger partial charge in [-0.1, -0.05) is 0 Å². The van der Waals surface area contributed by atoms with Crippen LogP contribution < -0.4 is 0 Å². The molecule has 0 unspecified atom stereocenters. The van der Waals surface area contributed by atoms with Crippen molar-refractivity contribution >= 4 is 113 Å². The van der Waals surface area contributed by atoms with E-state index in [9.17, 15) is 0 Å². The maximum Gasteiger partial charge on any atom is 0 e. The van der Waals surface area contributed by atoms with Gasteiger partial charge in [0.25, 0.3) is 0 Å². The van der Waals surface area contributed by atoms with Crippen molar-refractivity contribution in [3.05, 3.63) is 0 Å². The van der Waals surface area contributed by atoms with Crippen LogP contribution in [0.3, 0.4) is 0 Å². The van der Waals surface area contributed by atoms with Gasteiger partial charge < -0.3 is 0 Å². The molecule has 0 fully saturated rings. The van der Waals surface area contributed by atoms with Crippen molar-refractivity contribution in [1.82, 2.24) is 0 Å². The van der Waals surface area contributed by atoms with Gasteiger partial charge in [0, 0.05) is 113 Å². The largest absolute Gasteiger partial charge is 0 e. The molecule has 0 nitrogen and oxygen atoms in total. The summed E-state index contributed by atoms with van der Waals surface area (Å²) in [5, 5.41) is 0. The average molecular weight is 41.6 g/mol. The van der Waals surface area contributed by atoms with Crippen LogP contribution in [-0.4, -0.2) is 113 Å². The third-order valence-electron chi connectivity index (χ3n) is 0. The normalized spacial score (nSPS) is 0. The zero-order valence-electron chi connectivity index (χ0n) is 6.00. The van der Waals surface area contributed by atoms with Crippen LogP contribution >= 0.6 is 0 Å². The van der Waals surface area contributed by atoms with Crippen LogP contribution in [0.4, 0.5) is 0 Å². The fraction of sp³-hybridized carbons (Fsp3) is 0. The first-order chi connectivity index (χ1) is 0. The predicted molar refractivity (Wildman–Crippen MR) is 34.5 cm³/mol. The molecule has 0 heterocycles. The molecule has 0 aromatic rings. The Morgan fingerprint density at radius 3 is 0.167 bits per heavy atom. The second-order valence-corrected chi connectivity index (χ2v) is 0. The van der Waals surface area contributed by atoms with E-state index >= 15 is 0 Å². The van der Waals surface area contributed by atoms with Gasteiger partial charge in [0.15, 0.2) is 0 Å². The molecule has 0 saturated heterocycles. The predicted octanol–water partition coefficient (Wildman–Crippen LogP) is -2.28. The van der Waals surface area contributed by atoms with Crippen LogP contribution in [0.25, 0.3) is 0 Å². The Kier molecular flexibility index (Phi) is 352. The molecule has 0 bridgehead atoms. The van der Waals surface area contributed by atoms with Gasteiger partial charge in [-0.3, -0.25) is 0 Å². The molecule has 0 saturated carbocycles. The van der Waals surface area contributed by atoms with Crippen LogP contribution in [0.2, 0.25) is 0 Å². The number of hydrogen-bond donors (Lipinski definition) is 0. The molecule has 0 N–H and O–H groups in total. The van der Waals surface area contributed by atoms with Crippen LogP contribution in [0.15, 0.2) is 0 Å². The molecular weight excluding hydrogens is 41.6 g/mol. The fourth-order valence-electron chi connectivity index (χ4n) is 0. The summed E-state index contributed by atoms with van der Waals surface area (Å²) in [5.41, 5.74) is 0. The number of hydrogen-bond acceptors (Lipinski definition) is 0. The van der Waals surface area contributed by atoms with Gasteiger partial charge in [0.05, 0.1) is 0 Å². The first-order valence-corrected chi connectivity index (χ1v) is 0. The molecule has 0 aromatic heterocycles. The molecule has 0 aliphatic rings. The summed E-state index contributed by atoms with van der Waals surface area (Å²) in [6.45, 7) is 0. The molecule has 0 aromatic carbocycles. The third-order valence-corrected chi connectivity index (χ3v) is 0. The van der Waals surface area contributed by atoms with Crippen molar-refractivity contribution in [2.24, 2.45) is 0 Å². The second kappa shape index (κ2) is 38.4. The molecule has 6 heteroatoms. The summed E-state index contributed by atoms with van der Waals surface area (Å²) < 4.78 is 0. The quantitative estimate of drug-likeness (QED) is 0.268. The first kappa shape index (κ1) is 55.0. The minimum atomic E-state index is 0. The zero-order chi connectivity index (χ0) is 0. The Morgan fingerprint density at radius 2 is 0.167 bits per heavy atom. The molecule has 0 aliphatic carbocycles. The molecule has 6 heavy (non-hydrogen) atoms. The van der Waals surface area contributed by atoms with E-state index in [0.717, 1.165) is 0 Å². The van der Waals surface area contributed by atoms with Gasteiger partial charge in [-0.2, -0.15) is 0 Å². The topological polar surface area (TPSA) is 0 Å². The Hall–Kier alpha value is 3.58. The summed E-state index contributed by atoms with van der Waals surface area (Å²) in [6.07, 6.45) is 0. The summed E-state index contributed by atoms with van der Waals surface area (Å²) in [7, 11) is 0. The second-order valence-electron chi connectivity index (χ2n) is 0. The minimum Gasteiger partial charge on any atom is 0 e. The minimum absolute atomic E-state index is 0. The van der Waals surface area contributed by atoms with Crippen LogP contribution in [0.1, 0.15) is 0 Å². The first-order valence-electron chi connectivity index (χ1n) is 0. The van der Waals surface area contributed by atoms with Gasteiger partial charge in [0.2, 0.25) is 0 Å². The molecule has 0 atom stereocenters. The molecule has 0 amide bonds. The average Bonchev–Trinajstić information content (AvgIpc) is 0. The van der Waals surface area contributed by atoms with Crippen LogP contribution in [0, 0.1) is 0 Å². The Morgan fingerprint density at radius 1 is 0.167 bits per heavy atom. The number of rotatable bonds is 0. The standard InChI is InChI=1S/6Li. The van der Waals surface area contributed by atoms with Gasteiger partial charge in [-0.05, 0) is 0 Å². The van der Waals surface area contributed by atoms with Crippen LogP contribution in [-0.2, 0) is 0 Å². The van der Waals surface area contributed by atoms with Crippen molar-refractivity contribution in [2.75, 3.05) is 0 Å². The molecule has 6 radical (unpaired) electrons. The maximum atomic E-state index is 0. The molecule has 0 aliphatic heterocycles. The molecular formula is Li6. The van der Waals surface area contributed by atoms with Crippen LogP contribution in [0.5, 0.6) is 0 Å². The van der Waals surface area contributed by atoms with Gasteiger partial charge >= 0.3 is 0 Å². The van der Waals surface area contributed by atoms with Gasteiger partial charge in [-0.25, -0.2) is 0 Å².